The van der Waals surface area contributed by atoms with E-state index in [1.807, 2.05) is 42.5 Å². The van der Waals surface area contributed by atoms with E-state index >= 15 is 0 Å². The fourth-order valence-corrected chi connectivity index (χ4v) is 3.09. The van der Waals surface area contributed by atoms with Gasteiger partial charge in [-0.3, -0.25) is 9.59 Å². The van der Waals surface area contributed by atoms with Crippen molar-refractivity contribution in [2.75, 3.05) is 13.7 Å². The van der Waals surface area contributed by atoms with E-state index in [0.29, 0.717) is 25.9 Å². The normalized spacial score (nSPS) is 14.3. The first-order chi connectivity index (χ1) is 13.1. The van der Waals surface area contributed by atoms with Gasteiger partial charge in [0.1, 0.15) is 11.2 Å². The molecule has 1 aliphatic rings. The molecule has 1 fully saturated rings. The van der Waals surface area contributed by atoms with Crippen molar-refractivity contribution in [1.82, 2.24) is 10.6 Å². The molecule has 2 aromatic carbocycles. The predicted molar refractivity (Wildman–Crippen MR) is 104 cm³/mol. The largest absolute Gasteiger partial charge is 0.497 e. The van der Waals surface area contributed by atoms with Gasteiger partial charge in [0, 0.05) is 13.1 Å². The molecule has 1 saturated carbocycles. The predicted octanol–water partition coefficient (Wildman–Crippen LogP) is 2.84. The lowest BCUT2D eigenvalue weighted by atomic mass is 10.0. The Morgan fingerprint density at radius 3 is 2.22 bits per heavy atom. The van der Waals surface area contributed by atoms with Gasteiger partial charge in [0.2, 0.25) is 11.8 Å². The lowest BCUT2D eigenvalue weighted by Gasteiger charge is -2.15. The minimum Gasteiger partial charge on any atom is -0.497 e. The molecule has 5 nitrogen and oxygen atoms in total. The van der Waals surface area contributed by atoms with E-state index in [2.05, 4.69) is 22.8 Å². The van der Waals surface area contributed by atoms with E-state index in [0.717, 1.165) is 24.2 Å². The summed E-state index contributed by atoms with van der Waals surface area (Å²) in [5, 5.41) is 5.83. The lowest BCUT2D eigenvalue weighted by Crippen LogP contribution is -2.43. The van der Waals surface area contributed by atoms with Crippen molar-refractivity contribution < 1.29 is 14.3 Å². The van der Waals surface area contributed by atoms with Crippen molar-refractivity contribution in [2.24, 2.45) is 5.41 Å². The second-order valence-electron chi connectivity index (χ2n) is 6.96. The topological polar surface area (TPSA) is 67.4 Å². The Bertz CT molecular complexity index is 768. The van der Waals surface area contributed by atoms with E-state index in [-0.39, 0.29) is 11.8 Å². The van der Waals surface area contributed by atoms with Crippen molar-refractivity contribution in [3.63, 3.8) is 0 Å². The van der Waals surface area contributed by atoms with Gasteiger partial charge in [0.25, 0.3) is 0 Å². The SMILES string of the molecule is COc1ccc(CNC(=O)C2(C(=O)NCCCc3ccccc3)CC2)cc1. The number of rotatable bonds is 9. The van der Waals surface area contributed by atoms with Crippen molar-refractivity contribution in [3.05, 3.63) is 65.7 Å². The number of hydrogen-bond acceptors (Lipinski definition) is 3. The summed E-state index contributed by atoms with van der Waals surface area (Å²) in [6.07, 6.45) is 3.01. The first-order valence-corrected chi connectivity index (χ1v) is 9.37. The van der Waals surface area contributed by atoms with Gasteiger partial charge >= 0.3 is 0 Å². The van der Waals surface area contributed by atoms with Crippen LogP contribution in [0.2, 0.25) is 0 Å². The van der Waals surface area contributed by atoms with Gasteiger partial charge in [0.15, 0.2) is 0 Å². The summed E-state index contributed by atoms with van der Waals surface area (Å²) in [7, 11) is 1.62. The molecule has 0 aromatic heterocycles. The number of aryl methyl sites for hydroxylation is 1. The zero-order chi connectivity index (χ0) is 19.1. The fourth-order valence-electron chi connectivity index (χ4n) is 3.09. The lowest BCUT2D eigenvalue weighted by molar-refractivity contribution is -0.137. The third-order valence-corrected chi connectivity index (χ3v) is 5.00. The maximum Gasteiger partial charge on any atom is 0.235 e. The highest BCUT2D eigenvalue weighted by Crippen LogP contribution is 2.46. The molecule has 0 atom stereocenters. The molecule has 2 N–H and O–H groups in total. The van der Waals surface area contributed by atoms with Crippen molar-refractivity contribution >= 4 is 11.8 Å². The monoisotopic (exact) mass is 366 g/mol. The fraction of sp³-hybridized carbons (Fsp3) is 0.364. The molecular formula is C22H26N2O3. The molecule has 1 aliphatic carbocycles. The molecule has 0 heterocycles. The zero-order valence-electron chi connectivity index (χ0n) is 15.7. The third-order valence-electron chi connectivity index (χ3n) is 5.00. The summed E-state index contributed by atoms with van der Waals surface area (Å²) in [6.45, 7) is 0.993. The van der Waals surface area contributed by atoms with Crippen LogP contribution in [0.3, 0.4) is 0 Å². The van der Waals surface area contributed by atoms with Crippen LogP contribution >= 0.6 is 0 Å². The van der Waals surface area contributed by atoms with E-state index < -0.39 is 5.41 Å². The van der Waals surface area contributed by atoms with Gasteiger partial charge in [-0.25, -0.2) is 0 Å². The molecule has 0 bridgehead atoms. The van der Waals surface area contributed by atoms with Gasteiger partial charge in [-0.1, -0.05) is 42.5 Å². The maximum absolute atomic E-state index is 12.5. The maximum atomic E-state index is 12.5. The summed E-state index contributed by atoms with van der Waals surface area (Å²) in [5.74, 6) is 0.445. The first kappa shape index (κ1) is 19.0. The van der Waals surface area contributed by atoms with Crippen LogP contribution in [0.1, 0.15) is 30.4 Å². The summed E-state index contributed by atoms with van der Waals surface area (Å²) in [4.78, 5) is 25.0. The molecule has 27 heavy (non-hydrogen) atoms. The average molecular weight is 366 g/mol. The highest BCUT2D eigenvalue weighted by Gasteiger charge is 2.56. The van der Waals surface area contributed by atoms with Gasteiger partial charge < -0.3 is 15.4 Å². The van der Waals surface area contributed by atoms with Gasteiger partial charge in [-0.2, -0.15) is 0 Å². The molecule has 0 radical (unpaired) electrons. The molecule has 0 unspecified atom stereocenters. The Morgan fingerprint density at radius 2 is 1.59 bits per heavy atom. The number of benzene rings is 2. The molecule has 0 saturated heterocycles. The molecule has 5 heteroatoms. The zero-order valence-corrected chi connectivity index (χ0v) is 15.7. The van der Waals surface area contributed by atoms with Crippen LogP contribution < -0.4 is 15.4 Å². The van der Waals surface area contributed by atoms with Crippen LogP contribution in [-0.2, 0) is 22.6 Å². The van der Waals surface area contributed by atoms with Crippen LogP contribution in [-0.4, -0.2) is 25.5 Å². The van der Waals surface area contributed by atoms with Crippen LogP contribution in [0.25, 0.3) is 0 Å². The standard InChI is InChI=1S/C22H26N2O3/c1-27-19-11-9-18(10-12-19)16-24-21(26)22(13-14-22)20(25)23-15-5-8-17-6-3-2-4-7-17/h2-4,6-7,9-12H,5,8,13-16H2,1H3,(H,23,25)(H,24,26). The van der Waals surface area contributed by atoms with E-state index in [1.54, 1.807) is 7.11 Å². The third kappa shape index (κ3) is 4.88. The second-order valence-corrected chi connectivity index (χ2v) is 6.96. The van der Waals surface area contributed by atoms with Crippen LogP contribution in [0, 0.1) is 5.41 Å². The number of hydrogen-bond donors (Lipinski definition) is 2. The number of nitrogens with one attached hydrogen (secondary N) is 2. The number of carbonyl (C=O) groups excluding carboxylic acids is 2. The smallest absolute Gasteiger partial charge is 0.235 e. The number of ether oxygens (including phenoxy) is 1. The summed E-state index contributed by atoms with van der Waals surface area (Å²) in [5.41, 5.74) is 1.35. The minimum absolute atomic E-state index is 0.150. The number of methoxy groups -OCH3 is 1. The Labute approximate surface area is 160 Å². The minimum atomic E-state index is -0.876. The molecule has 142 valence electrons. The molecule has 2 aromatic rings. The molecule has 0 aliphatic heterocycles. The van der Waals surface area contributed by atoms with Gasteiger partial charge in [0.05, 0.1) is 7.11 Å². The van der Waals surface area contributed by atoms with Crippen LogP contribution in [0.5, 0.6) is 5.75 Å². The summed E-state index contributed by atoms with van der Waals surface area (Å²) < 4.78 is 5.13. The molecule has 2 amide bonds. The Hall–Kier alpha value is -2.82. The Kier molecular flexibility index (Phi) is 6.12. The summed E-state index contributed by atoms with van der Waals surface area (Å²) >= 11 is 0. The molecular weight excluding hydrogens is 340 g/mol. The molecule has 3 rings (SSSR count). The average Bonchev–Trinajstić information content (AvgIpc) is 3.52. The highest BCUT2D eigenvalue weighted by molar-refractivity contribution is 6.07. The quantitative estimate of drug-likeness (QED) is 0.530. The highest BCUT2D eigenvalue weighted by atomic mass is 16.5. The van der Waals surface area contributed by atoms with Crippen molar-refractivity contribution in [1.29, 1.82) is 0 Å². The van der Waals surface area contributed by atoms with E-state index in [1.165, 1.54) is 5.56 Å². The Balaban J connectivity index is 1.42. The van der Waals surface area contributed by atoms with Gasteiger partial charge in [-0.05, 0) is 48.9 Å². The Morgan fingerprint density at radius 1 is 0.926 bits per heavy atom. The van der Waals surface area contributed by atoms with E-state index in [4.69, 9.17) is 4.74 Å². The molecule has 0 spiro atoms. The van der Waals surface area contributed by atoms with E-state index in [9.17, 15) is 9.59 Å². The summed E-state index contributed by atoms with van der Waals surface area (Å²) in [6, 6.07) is 17.7. The van der Waals surface area contributed by atoms with Crippen LogP contribution in [0.15, 0.2) is 54.6 Å². The number of amides is 2. The number of carbonyl (C=O) groups is 2. The van der Waals surface area contributed by atoms with Crippen molar-refractivity contribution in [2.45, 2.75) is 32.2 Å². The van der Waals surface area contributed by atoms with Gasteiger partial charge in [-0.15, -0.1) is 0 Å². The van der Waals surface area contributed by atoms with Crippen molar-refractivity contribution in [3.8, 4) is 5.75 Å². The second kappa shape index (κ2) is 8.71. The first-order valence-electron chi connectivity index (χ1n) is 9.37. The van der Waals surface area contributed by atoms with Crippen LogP contribution in [0.4, 0.5) is 0 Å².